The Morgan fingerprint density at radius 3 is 2.34 bits per heavy atom. The third-order valence-electron chi connectivity index (χ3n) is 4.69. The Hall–Kier alpha value is -4.39. The number of hydrogen-bond acceptors (Lipinski definition) is 5. The van der Waals surface area contributed by atoms with Gasteiger partial charge in [-0.15, -0.1) is 0 Å². The first-order valence-electron chi connectivity index (χ1n) is 9.95. The number of amides is 1. The highest BCUT2D eigenvalue weighted by atomic mass is 16.5. The van der Waals surface area contributed by atoms with Gasteiger partial charge in [0.1, 0.15) is 23.8 Å². The molecule has 7 nitrogen and oxygen atoms in total. The second-order valence-electron chi connectivity index (χ2n) is 6.93. The number of benzene rings is 3. The van der Waals surface area contributed by atoms with E-state index in [1.807, 2.05) is 48.5 Å². The van der Waals surface area contributed by atoms with Crippen molar-refractivity contribution in [2.45, 2.75) is 6.54 Å². The number of nitrogens with one attached hydrogen (secondary N) is 1. The number of para-hydroxylation sites is 2. The predicted octanol–water partition coefficient (Wildman–Crippen LogP) is 4.35. The summed E-state index contributed by atoms with van der Waals surface area (Å²) in [7, 11) is 1.56. The maximum atomic E-state index is 12.5. The Balaban J connectivity index is 1.40. The molecule has 7 heteroatoms. The molecule has 1 N–H and O–H groups in total. The third kappa shape index (κ3) is 5.02. The largest absolute Gasteiger partial charge is 0.496 e. The van der Waals surface area contributed by atoms with Gasteiger partial charge < -0.3 is 14.8 Å². The fourth-order valence-corrected chi connectivity index (χ4v) is 3.13. The van der Waals surface area contributed by atoms with Crippen molar-refractivity contribution in [3.05, 3.63) is 102 Å². The monoisotopic (exact) mass is 427 g/mol. The minimum Gasteiger partial charge on any atom is -0.496 e. The zero-order valence-corrected chi connectivity index (χ0v) is 17.4. The first-order valence-corrected chi connectivity index (χ1v) is 9.95. The number of rotatable bonds is 7. The number of hydrogen-bond donors (Lipinski definition) is 1. The number of methoxy groups -OCH3 is 1. The van der Waals surface area contributed by atoms with Gasteiger partial charge in [0.15, 0.2) is 0 Å². The van der Waals surface area contributed by atoms with E-state index in [0.29, 0.717) is 28.4 Å². The van der Waals surface area contributed by atoms with Gasteiger partial charge in [0.2, 0.25) is 5.91 Å². The molecule has 160 valence electrons. The molecule has 0 atom stereocenters. The van der Waals surface area contributed by atoms with Crippen molar-refractivity contribution in [1.29, 1.82) is 0 Å². The van der Waals surface area contributed by atoms with Gasteiger partial charge in [-0.25, -0.2) is 4.98 Å². The van der Waals surface area contributed by atoms with Crippen LogP contribution in [-0.2, 0) is 11.3 Å². The first-order chi connectivity index (χ1) is 15.6. The highest BCUT2D eigenvalue weighted by Gasteiger charge is 2.10. The SMILES string of the molecule is COc1ccccc1-c1cc(=O)n(CC(=O)Nc2ccc(Oc3ccccc3)cc2)cn1. The zero-order chi connectivity index (χ0) is 22.3. The molecule has 3 aromatic carbocycles. The number of ether oxygens (including phenoxy) is 2. The molecule has 0 unspecified atom stereocenters. The molecule has 0 radical (unpaired) electrons. The number of nitrogens with zero attached hydrogens (tertiary/aromatic N) is 2. The van der Waals surface area contributed by atoms with Gasteiger partial charge in [0.05, 0.1) is 19.1 Å². The van der Waals surface area contributed by atoms with Crippen LogP contribution in [0.1, 0.15) is 0 Å². The third-order valence-corrected chi connectivity index (χ3v) is 4.69. The average molecular weight is 427 g/mol. The highest BCUT2D eigenvalue weighted by molar-refractivity contribution is 5.90. The van der Waals surface area contributed by atoms with Crippen molar-refractivity contribution in [3.63, 3.8) is 0 Å². The van der Waals surface area contributed by atoms with Gasteiger partial charge in [-0.3, -0.25) is 14.2 Å². The smallest absolute Gasteiger partial charge is 0.254 e. The Labute approximate surface area is 184 Å². The summed E-state index contributed by atoms with van der Waals surface area (Å²) in [5.41, 5.74) is 1.46. The molecule has 0 aliphatic heterocycles. The number of aromatic nitrogens is 2. The van der Waals surface area contributed by atoms with Crippen molar-refractivity contribution in [1.82, 2.24) is 9.55 Å². The van der Waals surface area contributed by atoms with Crippen LogP contribution in [0.25, 0.3) is 11.3 Å². The van der Waals surface area contributed by atoms with Crippen LogP contribution in [0, 0.1) is 0 Å². The van der Waals surface area contributed by atoms with Crippen molar-refractivity contribution in [3.8, 4) is 28.5 Å². The molecule has 0 spiro atoms. The average Bonchev–Trinajstić information content (AvgIpc) is 2.82. The lowest BCUT2D eigenvalue weighted by molar-refractivity contribution is -0.116. The fourth-order valence-electron chi connectivity index (χ4n) is 3.13. The molecule has 1 amide bonds. The van der Waals surface area contributed by atoms with E-state index < -0.39 is 0 Å². The van der Waals surface area contributed by atoms with E-state index in [4.69, 9.17) is 9.47 Å². The van der Waals surface area contributed by atoms with E-state index in [1.165, 1.54) is 17.0 Å². The van der Waals surface area contributed by atoms with E-state index >= 15 is 0 Å². The van der Waals surface area contributed by atoms with E-state index in [2.05, 4.69) is 10.3 Å². The van der Waals surface area contributed by atoms with Crippen LogP contribution in [0.4, 0.5) is 5.69 Å². The minimum absolute atomic E-state index is 0.152. The molecule has 1 aromatic heterocycles. The lowest BCUT2D eigenvalue weighted by Crippen LogP contribution is -2.27. The van der Waals surface area contributed by atoms with Crippen molar-refractivity contribution in [2.75, 3.05) is 12.4 Å². The lowest BCUT2D eigenvalue weighted by atomic mass is 10.1. The van der Waals surface area contributed by atoms with E-state index in [9.17, 15) is 9.59 Å². The molecule has 4 rings (SSSR count). The molecule has 1 heterocycles. The molecular formula is C25H21N3O4. The fraction of sp³-hybridized carbons (Fsp3) is 0.0800. The van der Waals surface area contributed by atoms with Crippen LogP contribution in [0.2, 0.25) is 0 Å². The van der Waals surface area contributed by atoms with E-state index in [1.54, 1.807) is 37.4 Å². The Bertz CT molecular complexity index is 1270. The first kappa shape index (κ1) is 20.9. The molecule has 0 saturated carbocycles. The van der Waals surface area contributed by atoms with Gasteiger partial charge in [0.25, 0.3) is 5.56 Å². The number of anilines is 1. The molecule has 4 aromatic rings. The summed E-state index contributed by atoms with van der Waals surface area (Å²) in [5, 5.41) is 2.77. The molecule has 0 fully saturated rings. The summed E-state index contributed by atoms with van der Waals surface area (Å²) < 4.78 is 12.3. The molecule has 0 bridgehead atoms. The van der Waals surface area contributed by atoms with Crippen LogP contribution >= 0.6 is 0 Å². The van der Waals surface area contributed by atoms with Crippen LogP contribution in [0.15, 0.2) is 96.1 Å². The van der Waals surface area contributed by atoms with Crippen molar-refractivity contribution < 1.29 is 14.3 Å². The molecule has 32 heavy (non-hydrogen) atoms. The molecule has 0 aliphatic rings. The summed E-state index contributed by atoms with van der Waals surface area (Å²) in [6.07, 6.45) is 1.36. The summed E-state index contributed by atoms with van der Waals surface area (Å²) in [6.45, 7) is -0.152. The van der Waals surface area contributed by atoms with Gasteiger partial charge >= 0.3 is 0 Å². The lowest BCUT2D eigenvalue weighted by Gasteiger charge is -2.10. The van der Waals surface area contributed by atoms with Gasteiger partial charge in [0, 0.05) is 17.3 Å². The Morgan fingerprint density at radius 1 is 0.938 bits per heavy atom. The van der Waals surface area contributed by atoms with Crippen LogP contribution in [-0.4, -0.2) is 22.6 Å². The van der Waals surface area contributed by atoms with E-state index in [0.717, 1.165) is 5.75 Å². The van der Waals surface area contributed by atoms with Crippen LogP contribution in [0.5, 0.6) is 17.2 Å². The molecule has 0 saturated heterocycles. The number of carbonyl (C=O) groups excluding carboxylic acids is 1. The van der Waals surface area contributed by atoms with E-state index in [-0.39, 0.29) is 18.0 Å². The van der Waals surface area contributed by atoms with Gasteiger partial charge in [-0.1, -0.05) is 30.3 Å². The highest BCUT2D eigenvalue weighted by Crippen LogP contribution is 2.27. The van der Waals surface area contributed by atoms with Crippen molar-refractivity contribution >= 4 is 11.6 Å². The van der Waals surface area contributed by atoms with Gasteiger partial charge in [-0.05, 0) is 48.5 Å². The van der Waals surface area contributed by atoms with Crippen molar-refractivity contribution in [2.24, 2.45) is 0 Å². The van der Waals surface area contributed by atoms with Crippen LogP contribution < -0.4 is 20.3 Å². The van der Waals surface area contributed by atoms with Crippen LogP contribution in [0.3, 0.4) is 0 Å². The Kier molecular flexibility index (Phi) is 6.27. The zero-order valence-electron chi connectivity index (χ0n) is 17.4. The quantitative estimate of drug-likeness (QED) is 0.474. The summed E-state index contributed by atoms with van der Waals surface area (Å²) in [6, 6.07) is 25.1. The maximum Gasteiger partial charge on any atom is 0.254 e. The summed E-state index contributed by atoms with van der Waals surface area (Å²) in [4.78, 5) is 29.2. The van der Waals surface area contributed by atoms with Gasteiger partial charge in [-0.2, -0.15) is 0 Å². The summed E-state index contributed by atoms with van der Waals surface area (Å²) in [5.74, 6) is 1.67. The predicted molar refractivity (Wildman–Crippen MR) is 122 cm³/mol. The molecule has 0 aliphatic carbocycles. The second kappa shape index (κ2) is 9.61. The standard InChI is InChI=1S/C25H21N3O4/c1-31-23-10-6-5-9-21(23)22-15-25(30)28(17-26-22)16-24(29)27-18-11-13-20(14-12-18)32-19-7-3-2-4-8-19/h2-15,17H,16H2,1H3,(H,27,29). The summed E-state index contributed by atoms with van der Waals surface area (Å²) >= 11 is 0. The molecular weight excluding hydrogens is 406 g/mol. The topological polar surface area (TPSA) is 82.5 Å². The number of carbonyl (C=O) groups is 1. The normalized spacial score (nSPS) is 10.4. The second-order valence-corrected chi connectivity index (χ2v) is 6.93. The Morgan fingerprint density at radius 2 is 1.62 bits per heavy atom. The minimum atomic E-state index is -0.337. The maximum absolute atomic E-state index is 12.5.